The number of benzene rings is 4. The molecule has 2 heterocycles. The van der Waals surface area contributed by atoms with Gasteiger partial charge in [-0.15, -0.1) is 0 Å². The standard InChI is InChI=1S/C41H45ClN2O6/c1-3-23-48-40(46)43-25-30-5-4-6-34(24-30)31-11-13-33(14-12-31)39-49-37(28(2)38(50-39)32-9-7-29(27-45)8-10-32)26-44-21-19-41(47,20-22-44)35-15-17-36(42)18-16-35/h3-18,24,28,37-39,45,47H,1,19-23,25-27H2,2H3,(H,43,46)/t28-,37+,38+,39+/m1/s1. The van der Waals surface area contributed by atoms with E-state index in [0.29, 0.717) is 31.0 Å². The maximum Gasteiger partial charge on any atom is 0.407 e. The molecule has 6 rings (SSSR count). The van der Waals surface area contributed by atoms with Crippen LogP contribution in [-0.2, 0) is 33.0 Å². The Bertz CT molecular complexity index is 1720. The summed E-state index contributed by atoms with van der Waals surface area (Å²) in [6.45, 7) is 8.43. The summed E-state index contributed by atoms with van der Waals surface area (Å²) in [4.78, 5) is 14.3. The number of hydrogen-bond donors (Lipinski definition) is 3. The number of aliphatic hydroxyl groups is 2. The van der Waals surface area contributed by atoms with Crippen LogP contribution in [0.4, 0.5) is 4.79 Å². The molecule has 262 valence electrons. The van der Waals surface area contributed by atoms with Crippen LogP contribution in [0.25, 0.3) is 11.1 Å². The van der Waals surface area contributed by atoms with Crippen LogP contribution < -0.4 is 5.32 Å². The molecule has 0 spiro atoms. The summed E-state index contributed by atoms with van der Waals surface area (Å²) in [7, 11) is 0. The third kappa shape index (κ3) is 8.64. The van der Waals surface area contributed by atoms with Gasteiger partial charge in [0, 0.05) is 42.7 Å². The van der Waals surface area contributed by atoms with E-state index in [4.69, 9.17) is 25.8 Å². The summed E-state index contributed by atoms with van der Waals surface area (Å²) in [6.07, 6.45) is 1.37. The minimum absolute atomic E-state index is 0.0128. The summed E-state index contributed by atoms with van der Waals surface area (Å²) in [5.41, 5.74) is 5.85. The summed E-state index contributed by atoms with van der Waals surface area (Å²) in [6, 6.07) is 31.7. The van der Waals surface area contributed by atoms with Gasteiger partial charge in [0.05, 0.1) is 24.4 Å². The molecule has 2 aliphatic rings. The van der Waals surface area contributed by atoms with Gasteiger partial charge in [0.1, 0.15) is 6.61 Å². The molecule has 0 unspecified atom stereocenters. The molecule has 0 aliphatic carbocycles. The topological polar surface area (TPSA) is 100 Å². The highest BCUT2D eigenvalue weighted by Crippen LogP contribution is 2.43. The van der Waals surface area contributed by atoms with Crippen LogP contribution in [0, 0.1) is 5.92 Å². The van der Waals surface area contributed by atoms with Crippen molar-refractivity contribution in [3.8, 4) is 11.1 Å². The van der Waals surface area contributed by atoms with Crippen molar-refractivity contribution in [3.05, 3.63) is 143 Å². The highest BCUT2D eigenvalue weighted by molar-refractivity contribution is 6.30. The van der Waals surface area contributed by atoms with Crippen molar-refractivity contribution in [2.75, 3.05) is 26.2 Å². The summed E-state index contributed by atoms with van der Waals surface area (Å²) in [5, 5.41) is 24.5. The van der Waals surface area contributed by atoms with Crippen molar-refractivity contribution in [1.29, 1.82) is 0 Å². The summed E-state index contributed by atoms with van der Waals surface area (Å²) in [5.74, 6) is 0.0491. The van der Waals surface area contributed by atoms with E-state index in [1.54, 1.807) is 0 Å². The van der Waals surface area contributed by atoms with Gasteiger partial charge in [-0.25, -0.2) is 4.79 Å². The van der Waals surface area contributed by atoms with Gasteiger partial charge in [0.2, 0.25) is 0 Å². The number of ether oxygens (including phenoxy) is 3. The number of nitrogens with zero attached hydrogens (tertiary/aromatic N) is 1. The van der Waals surface area contributed by atoms with E-state index in [2.05, 4.69) is 35.9 Å². The second-order valence-corrected chi connectivity index (χ2v) is 13.7. The van der Waals surface area contributed by atoms with Gasteiger partial charge in [0.25, 0.3) is 0 Å². The third-order valence-electron chi connectivity index (χ3n) is 9.84. The third-order valence-corrected chi connectivity index (χ3v) is 10.1. The van der Waals surface area contributed by atoms with E-state index in [0.717, 1.165) is 52.0 Å². The minimum atomic E-state index is -0.877. The molecular formula is C41H45ClN2O6. The zero-order chi connectivity index (χ0) is 35.1. The first-order chi connectivity index (χ1) is 24.2. The Morgan fingerprint density at radius 3 is 2.34 bits per heavy atom. The maximum atomic E-state index is 11.9. The number of nitrogens with one attached hydrogen (secondary N) is 1. The van der Waals surface area contributed by atoms with E-state index >= 15 is 0 Å². The van der Waals surface area contributed by atoms with Gasteiger partial charge in [-0.3, -0.25) is 0 Å². The number of hydrogen-bond acceptors (Lipinski definition) is 7. The molecule has 2 saturated heterocycles. The molecule has 3 N–H and O–H groups in total. The lowest BCUT2D eigenvalue weighted by molar-refractivity contribution is -0.277. The number of piperidine rings is 1. The van der Waals surface area contributed by atoms with Crippen molar-refractivity contribution >= 4 is 17.7 Å². The quantitative estimate of drug-likeness (QED) is 0.138. The average molecular weight is 697 g/mol. The van der Waals surface area contributed by atoms with Gasteiger partial charge >= 0.3 is 6.09 Å². The number of likely N-dealkylation sites (tertiary alicyclic amines) is 1. The molecular weight excluding hydrogens is 652 g/mol. The van der Waals surface area contributed by atoms with Crippen LogP contribution in [0.15, 0.2) is 110 Å². The highest BCUT2D eigenvalue weighted by atomic mass is 35.5. The number of rotatable bonds is 11. The Morgan fingerprint density at radius 2 is 1.66 bits per heavy atom. The lowest BCUT2D eigenvalue weighted by atomic mass is 9.84. The fourth-order valence-corrected chi connectivity index (χ4v) is 6.92. The highest BCUT2D eigenvalue weighted by Gasteiger charge is 2.41. The van der Waals surface area contributed by atoms with Crippen molar-refractivity contribution in [1.82, 2.24) is 10.2 Å². The Morgan fingerprint density at radius 1 is 0.960 bits per heavy atom. The molecule has 2 fully saturated rings. The van der Waals surface area contributed by atoms with E-state index in [1.165, 1.54) is 6.08 Å². The SMILES string of the molecule is C=CCOC(=O)NCc1cccc(-c2ccc([C@H]3O[C@@H](CN4CCC(O)(c5ccc(Cl)cc5)CC4)[C@@H](C)[C@@H](c4ccc(CO)cc4)O3)cc2)c1. The second kappa shape index (κ2) is 16.3. The average Bonchev–Trinajstić information content (AvgIpc) is 3.15. The number of amides is 1. The molecule has 0 bridgehead atoms. The molecule has 0 aromatic heterocycles. The van der Waals surface area contributed by atoms with Crippen LogP contribution in [0.3, 0.4) is 0 Å². The Hall–Kier alpha value is -4.02. The number of carbonyl (C=O) groups is 1. The number of alkyl carbamates (subject to hydrolysis) is 1. The zero-order valence-corrected chi connectivity index (χ0v) is 29.1. The van der Waals surface area contributed by atoms with Crippen LogP contribution >= 0.6 is 11.6 Å². The summed E-state index contributed by atoms with van der Waals surface area (Å²) >= 11 is 6.10. The van der Waals surface area contributed by atoms with Gasteiger partial charge in [-0.05, 0) is 64.4 Å². The first-order valence-corrected chi connectivity index (χ1v) is 17.5. The molecule has 0 saturated carbocycles. The van der Waals surface area contributed by atoms with Crippen LogP contribution in [0.2, 0.25) is 5.02 Å². The van der Waals surface area contributed by atoms with E-state index in [-0.39, 0.29) is 31.3 Å². The Balaban J connectivity index is 1.16. The normalized spacial score (nSPS) is 22.1. The molecule has 4 atom stereocenters. The molecule has 50 heavy (non-hydrogen) atoms. The molecule has 8 nitrogen and oxygen atoms in total. The van der Waals surface area contributed by atoms with Gasteiger partial charge < -0.3 is 34.6 Å². The Kier molecular flexibility index (Phi) is 11.7. The lowest BCUT2D eigenvalue weighted by Gasteiger charge is -2.45. The minimum Gasteiger partial charge on any atom is -0.445 e. The van der Waals surface area contributed by atoms with Crippen molar-refractivity contribution < 1.29 is 29.2 Å². The number of aliphatic hydroxyl groups excluding tert-OH is 1. The van der Waals surface area contributed by atoms with E-state index < -0.39 is 18.0 Å². The summed E-state index contributed by atoms with van der Waals surface area (Å²) < 4.78 is 18.5. The van der Waals surface area contributed by atoms with E-state index in [1.807, 2.05) is 84.9 Å². The fraction of sp³-hybridized carbons (Fsp3) is 0.341. The molecule has 9 heteroatoms. The number of carbonyl (C=O) groups excluding carboxylic acids is 1. The zero-order valence-electron chi connectivity index (χ0n) is 28.3. The molecule has 1 amide bonds. The van der Waals surface area contributed by atoms with Crippen LogP contribution in [0.1, 0.15) is 60.0 Å². The first-order valence-electron chi connectivity index (χ1n) is 17.2. The second-order valence-electron chi connectivity index (χ2n) is 13.2. The van der Waals surface area contributed by atoms with Gasteiger partial charge in [-0.2, -0.15) is 0 Å². The number of halogens is 1. The monoisotopic (exact) mass is 696 g/mol. The fourth-order valence-electron chi connectivity index (χ4n) is 6.79. The predicted molar refractivity (Wildman–Crippen MR) is 194 cm³/mol. The van der Waals surface area contributed by atoms with Gasteiger partial charge in [-0.1, -0.05) is 110 Å². The molecule has 2 aliphatic heterocycles. The predicted octanol–water partition coefficient (Wildman–Crippen LogP) is 7.69. The first kappa shape index (κ1) is 35.8. The van der Waals surface area contributed by atoms with Crippen molar-refractivity contribution in [2.24, 2.45) is 5.92 Å². The molecule has 4 aromatic carbocycles. The van der Waals surface area contributed by atoms with Crippen LogP contribution in [-0.4, -0.2) is 53.6 Å². The maximum absolute atomic E-state index is 11.9. The lowest BCUT2D eigenvalue weighted by Crippen LogP contribution is -2.49. The van der Waals surface area contributed by atoms with Crippen LogP contribution in [0.5, 0.6) is 0 Å². The molecule has 0 radical (unpaired) electrons. The van der Waals surface area contributed by atoms with E-state index in [9.17, 15) is 15.0 Å². The van der Waals surface area contributed by atoms with Crippen molar-refractivity contribution in [2.45, 2.75) is 57.0 Å². The Labute approximate surface area is 299 Å². The van der Waals surface area contributed by atoms with Crippen molar-refractivity contribution in [3.63, 3.8) is 0 Å². The molecule has 4 aromatic rings. The van der Waals surface area contributed by atoms with Gasteiger partial charge in [0.15, 0.2) is 6.29 Å². The largest absolute Gasteiger partial charge is 0.445 e. The smallest absolute Gasteiger partial charge is 0.407 e.